The molecule has 1 aromatic heterocycles. The van der Waals surface area contributed by atoms with Crippen molar-refractivity contribution >= 4 is 0 Å². The number of ether oxygens (including phenoxy) is 1. The van der Waals surface area contributed by atoms with E-state index in [4.69, 9.17) is 4.74 Å². The van der Waals surface area contributed by atoms with Crippen molar-refractivity contribution in [1.82, 2.24) is 25.1 Å². The third kappa shape index (κ3) is 3.51. The van der Waals surface area contributed by atoms with Crippen molar-refractivity contribution in [3.63, 3.8) is 0 Å². The Hall–Kier alpha value is -1.01. The summed E-state index contributed by atoms with van der Waals surface area (Å²) in [4.78, 5) is 2.48. The summed E-state index contributed by atoms with van der Waals surface area (Å²) in [7, 11) is 0. The van der Waals surface area contributed by atoms with E-state index in [0.29, 0.717) is 6.10 Å². The normalized spacial score (nSPS) is 25.6. The fourth-order valence-electron chi connectivity index (χ4n) is 2.95. The molecule has 0 spiro atoms. The predicted molar refractivity (Wildman–Crippen MR) is 70.5 cm³/mol. The molecule has 0 amide bonds. The van der Waals surface area contributed by atoms with E-state index < -0.39 is 0 Å². The minimum atomic E-state index is 0.298. The summed E-state index contributed by atoms with van der Waals surface area (Å²) >= 11 is 0. The van der Waals surface area contributed by atoms with Gasteiger partial charge < -0.3 is 4.74 Å². The van der Waals surface area contributed by atoms with Crippen LogP contribution in [-0.2, 0) is 17.8 Å². The minimum Gasteiger partial charge on any atom is -0.376 e. The third-order valence-electron chi connectivity index (χ3n) is 4.07. The van der Waals surface area contributed by atoms with Crippen molar-refractivity contribution in [3.8, 4) is 0 Å². The van der Waals surface area contributed by atoms with Crippen molar-refractivity contribution in [2.24, 2.45) is 0 Å². The summed E-state index contributed by atoms with van der Waals surface area (Å²) in [5.41, 5.74) is 0. The number of nitrogens with zero attached hydrogens (tertiary/aromatic N) is 5. The molecule has 0 N–H and O–H groups in total. The van der Waals surface area contributed by atoms with Crippen molar-refractivity contribution in [3.05, 3.63) is 5.82 Å². The molecule has 3 rings (SSSR count). The summed E-state index contributed by atoms with van der Waals surface area (Å²) in [6.07, 6.45) is 7.90. The molecule has 6 heteroatoms. The first-order chi connectivity index (χ1) is 9.42. The second kappa shape index (κ2) is 6.43. The highest BCUT2D eigenvalue weighted by Crippen LogP contribution is 2.15. The van der Waals surface area contributed by atoms with Crippen LogP contribution >= 0.6 is 0 Å². The van der Waals surface area contributed by atoms with E-state index in [1.807, 2.05) is 4.68 Å². The van der Waals surface area contributed by atoms with Crippen LogP contribution in [0.4, 0.5) is 0 Å². The van der Waals surface area contributed by atoms with E-state index in [9.17, 15) is 0 Å². The highest BCUT2D eigenvalue weighted by Gasteiger charge is 2.20. The first-order valence-corrected chi connectivity index (χ1v) is 7.51. The van der Waals surface area contributed by atoms with Gasteiger partial charge >= 0.3 is 0 Å². The zero-order valence-corrected chi connectivity index (χ0v) is 11.5. The summed E-state index contributed by atoms with van der Waals surface area (Å²) in [5, 5.41) is 12.1. The van der Waals surface area contributed by atoms with Gasteiger partial charge in [0.2, 0.25) is 0 Å². The molecule has 1 atom stereocenters. The van der Waals surface area contributed by atoms with Crippen molar-refractivity contribution in [1.29, 1.82) is 0 Å². The average Bonchev–Trinajstić information content (AvgIpc) is 3.00. The summed E-state index contributed by atoms with van der Waals surface area (Å²) in [6, 6.07) is 0. The van der Waals surface area contributed by atoms with Crippen molar-refractivity contribution in [2.45, 2.75) is 57.7 Å². The van der Waals surface area contributed by atoms with Crippen LogP contribution < -0.4 is 0 Å². The number of hydrogen-bond donors (Lipinski definition) is 0. The van der Waals surface area contributed by atoms with Gasteiger partial charge in [0, 0.05) is 6.61 Å². The topological polar surface area (TPSA) is 56.1 Å². The number of aromatic nitrogens is 4. The van der Waals surface area contributed by atoms with Crippen LogP contribution in [0.5, 0.6) is 0 Å². The number of tetrazole rings is 1. The van der Waals surface area contributed by atoms with Gasteiger partial charge in [-0.15, -0.1) is 5.10 Å². The van der Waals surface area contributed by atoms with Crippen LogP contribution in [0.15, 0.2) is 0 Å². The fourth-order valence-corrected chi connectivity index (χ4v) is 2.95. The number of hydrogen-bond acceptors (Lipinski definition) is 5. The van der Waals surface area contributed by atoms with Gasteiger partial charge in [-0.3, -0.25) is 4.90 Å². The molecule has 0 aromatic carbocycles. The lowest BCUT2D eigenvalue weighted by molar-refractivity contribution is 0.0917. The molecule has 0 aliphatic carbocycles. The maximum Gasteiger partial charge on any atom is 0.165 e. The largest absolute Gasteiger partial charge is 0.376 e. The van der Waals surface area contributed by atoms with Gasteiger partial charge in [-0.05, 0) is 49.2 Å². The average molecular weight is 265 g/mol. The Kier molecular flexibility index (Phi) is 4.40. The second-order valence-corrected chi connectivity index (χ2v) is 5.60. The Bertz CT molecular complexity index is 380. The van der Waals surface area contributed by atoms with Crippen LogP contribution in [0, 0.1) is 0 Å². The van der Waals surface area contributed by atoms with Crippen LogP contribution in [0.2, 0.25) is 0 Å². The standard InChI is InChI=1S/C13H23N5O/c1-2-4-8-17(7-3-1)11-13-14-15-16-18(13)10-12-6-5-9-19-12/h12H,1-11H2. The Balaban J connectivity index is 1.59. The van der Waals surface area contributed by atoms with Gasteiger partial charge in [-0.1, -0.05) is 12.8 Å². The van der Waals surface area contributed by atoms with Crippen molar-refractivity contribution < 1.29 is 4.74 Å². The summed E-state index contributed by atoms with van der Waals surface area (Å²) in [6.45, 7) is 4.91. The number of rotatable bonds is 4. The first-order valence-electron chi connectivity index (χ1n) is 7.51. The lowest BCUT2D eigenvalue weighted by atomic mass is 10.2. The zero-order valence-electron chi connectivity index (χ0n) is 11.5. The molecule has 2 fully saturated rings. The van der Waals surface area contributed by atoms with Crippen LogP contribution in [-0.4, -0.2) is 50.9 Å². The lowest BCUT2D eigenvalue weighted by Gasteiger charge is -2.19. The summed E-state index contributed by atoms with van der Waals surface area (Å²) in [5.74, 6) is 0.984. The molecule has 0 bridgehead atoms. The summed E-state index contributed by atoms with van der Waals surface area (Å²) < 4.78 is 7.59. The molecule has 2 aliphatic rings. The van der Waals surface area contributed by atoms with Crippen LogP contribution in [0.1, 0.15) is 44.3 Å². The first kappa shape index (κ1) is 13.0. The van der Waals surface area contributed by atoms with E-state index in [1.54, 1.807) is 0 Å². The van der Waals surface area contributed by atoms with Gasteiger partial charge in [0.25, 0.3) is 0 Å². The van der Waals surface area contributed by atoms with Gasteiger partial charge in [-0.2, -0.15) is 0 Å². The van der Waals surface area contributed by atoms with Crippen LogP contribution in [0.3, 0.4) is 0 Å². The molecular formula is C13H23N5O. The van der Waals surface area contributed by atoms with E-state index in [0.717, 1.165) is 38.4 Å². The molecule has 19 heavy (non-hydrogen) atoms. The van der Waals surface area contributed by atoms with Gasteiger partial charge in [0.05, 0.1) is 19.2 Å². The SMILES string of the molecule is C1CCCN(Cc2nnnn2CC2CCCO2)CC1. The molecular weight excluding hydrogens is 242 g/mol. The molecule has 2 aliphatic heterocycles. The fraction of sp³-hybridized carbons (Fsp3) is 0.923. The Morgan fingerprint density at radius 3 is 2.68 bits per heavy atom. The van der Waals surface area contributed by atoms with E-state index >= 15 is 0 Å². The quantitative estimate of drug-likeness (QED) is 0.819. The Morgan fingerprint density at radius 1 is 1.11 bits per heavy atom. The van der Waals surface area contributed by atoms with Gasteiger partial charge in [0.1, 0.15) is 0 Å². The maximum absolute atomic E-state index is 5.66. The van der Waals surface area contributed by atoms with Gasteiger partial charge in [-0.25, -0.2) is 4.68 Å². The molecule has 106 valence electrons. The monoisotopic (exact) mass is 265 g/mol. The zero-order chi connectivity index (χ0) is 12.9. The highest BCUT2D eigenvalue weighted by molar-refractivity contribution is 4.83. The smallest absolute Gasteiger partial charge is 0.165 e. The molecule has 3 heterocycles. The molecule has 0 saturated carbocycles. The van der Waals surface area contributed by atoms with Crippen molar-refractivity contribution in [2.75, 3.05) is 19.7 Å². The van der Waals surface area contributed by atoms with Gasteiger partial charge in [0.15, 0.2) is 5.82 Å². The van der Waals surface area contributed by atoms with Crippen LogP contribution in [0.25, 0.3) is 0 Å². The third-order valence-corrected chi connectivity index (χ3v) is 4.07. The van der Waals surface area contributed by atoms with E-state index in [-0.39, 0.29) is 0 Å². The minimum absolute atomic E-state index is 0.298. The molecule has 1 unspecified atom stereocenters. The highest BCUT2D eigenvalue weighted by atomic mass is 16.5. The predicted octanol–water partition coefficient (Wildman–Crippen LogP) is 1.23. The number of likely N-dealkylation sites (tertiary alicyclic amines) is 1. The van der Waals surface area contributed by atoms with E-state index in [2.05, 4.69) is 20.4 Å². The lowest BCUT2D eigenvalue weighted by Crippen LogP contribution is -2.27. The molecule has 0 radical (unpaired) electrons. The second-order valence-electron chi connectivity index (χ2n) is 5.60. The Labute approximate surface area is 114 Å². The molecule has 6 nitrogen and oxygen atoms in total. The molecule has 2 saturated heterocycles. The Morgan fingerprint density at radius 2 is 1.95 bits per heavy atom. The maximum atomic E-state index is 5.66. The van der Waals surface area contributed by atoms with E-state index in [1.165, 1.54) is 38.8 Å². The molecule has 1 aromatic rings.